The number of carbonyl (C=O) groups is 2. The Bertz CT molecular complexity index is 1370. The number of nitrogens with zero attached hydrogens (tertiary/aromatic N) is 1. The van der Waals surface area contributed by atoms with Gasteiger partial charge in [0.25, 0.3) is 5.91 Å². The SMILES string of the molecule is Cc1ccccc1CNC(=O)[C@H]1N(C(=O)[C@@H](O)[C@H](Cc2ccccc2)NC(=S)Nc2ccc(Cl)cc2)CSC1(C)C. The lowest BCUT2D eigenvalue weighted by molar-refractivity contribution is -0.147. The minimum absolute atomic E-state index is 0.253. The Morgan fingerprint density at radius 2 is 1.73 bits per heavy atom. The largest absolute Gasteiger partial charge is 0.381 e. The summed E-state index contributed by atoms with van der Waals surface area (Å²) >= 11 is 13.0. The Hall–Kier alpha value is -3.11. The quantitative estimate of drug-likeness (QED) is 0.256. The summed E-state index contributed by atoms with van der Waals surface area (Å²) in [4.78, 5) is 28.8. The van der Waals surface area contributed by atoms with Gasteiger partial charge in [-0.25, -0.2) is 0 Å². The van der Waals surface area contributed by atoms with Crippen molar-refractivity contribution in [2.75, 3.05) is 11.2 Å². The van der Waals surface area contributed by atoms with E-state index < -0.39 is 28.8 Å². The molecule has 41 heavy (non-hydrogen) atoms. The van der Waals surface area contributed by atoms with Gasteiger partial charge in [0, 0.05) is 22.0 Å². The number of carbonyl (C=O) groups excluding carboxylic acids is 2. The maximum Gasteiger partial charge on any atom is 0.254 e. The first-order valence-electron chi connectivity index (χ1n) is 13.4. The van der Waals surface area contributed by atoms with Crippen molar-refractivity contribution >= 4 is 58.2 Å². The highest BCUT2D eigenvalue weighted by Gasteiger charge is 2.49. The molecule has 0 radical (unpaired) electrons. The standard InChI is InChI=1S/C31H35ClN4O3S2/c1-20-9-7-8-12-22(20)18-33-28(38)27-31(2,3)41-19-36(27)29(39)26(37)25(17-21-10-5-4-6-11-21)35-30(40)34-24-15-13-23(32)14-16-24/h4-16,25-27,37H,17-19H2,1-3H3,(H,33,38)(H2,34,35,40)/t25-,26-,27+/m0/s1. The molecule has 0 aliphatic carbocycles. The maximum atomic E-state index is 13.8. The van der Waals surface area contributed by atoms with Crippen LogP contribution in [-0.2, 0) is 22.6 Å². The number of hydrogen-bond donors (Lipinski definition) is 4. The van der Waals surface area contributed by atoms with Gasteiger partial charge in [0.2, 0.25) is 5.91 Å². The lowest BCUT2D eigenvalue weighted by atomic mass is 9.97. The molecule has 216 valence electrons. The number of hydrogen-bond acceptors (Lipinski definition) is 5. The number of thioether (sulfide) groups is 1. The first-order valence-corrected chi connectivity index (χ1v) is 15.1. The fourth-order valence-corrected chi connectivity index (χ4v) is 6.36. The molecule has 1 fully saturated rings. The van der Waals surface area contributed by atoms with Gasteiger partial charge in [0.15, 0.2) is 11.2 Å². The molecule has 10 heteroatoms. The van der Waals surface area contributed by atoms with Gasteiger partial charge in [-0.05, 0) is 80.4 Å². The molecule has 0 spiro atoms. The monoisotopic (exact) mass is 610 g/mol. The van der Waals surface area contributed by atoms with Crippen LogP contribution in [0.25, 0.3) is 0 Å². The number of anilines is 1. The molecular weight excluding hydrogens is 576 g/mol. The molecule has 4 rings (SSSR count). The van der Waals surface area contributed by atoms with Crippen LogP contribution in [-0.4, -0.2) is 55.7 Å². The average Bonchev–Trinajstić information content (AvgIpc) is 3.27. The van der Waals surface area contributed by atoms with Crippen LogP contribution in [0.1, 0.15) is 30.5 Å². The summed E-state index contributed by atoms with van der Waals surface area (Å²) in [6, 6.07) is 23.0. The van der Waals surface area contributed by atoms with E-state index in [4.69, 9.17) is 23.8 Å². The van der Waals surface area contributed by atoms with Gasteiger partial charge < -0.3 is 26.0 Å². The van der Waals surface area contributed by atoms with Crippen LogP contribution in [0, 0.1) is 6.92 Å². The molecule has 2 amide bonds. The van der Waals surface area contributed by atoms with Crippen LogP contribution in [0.2, 0.25) is 5.02 Å². The van der Waals surface area contributed by atoms with E-state index in [1.165, 1.54) is 16.7 Å². The highest BCUT2D eigenvalue weighted by atomic mass is 35.5. The fourth-order valence-electron chi connectivity index (χ4n) is 4.82. The zero-order chi connectivity index (χ0) is 29.6. The minimum Gasteiger partial charge on any atom is -0.381 e. The molecule has 1 heterocycles. The second-order valence-corrected chi connectivity index (χ2v) is 13.0. The number of rotatable bonds is 9. The Labute approximate surface area is 256 Å². The van der Waals surface area contributed by atoms with Gasteiger partial charge in [-0.1, -0.05) is 66.2 Å². The van der Waals surface area contributed by atoms with Gasteiger partial charge in [-0.2, -0.15) is 0 Å². The predicted octanol–water partition coefficient (Wildman–Crippen LogP) is 4.90. The molecule has 1 aliphatic rings. The van der Waals surface area contributed by atoms with Gasteiger partial charge in [0.05, 0.1) is 11.9 Å². The summed E-state index contributed by atoms with van der Waals surface area (Å²) in [6.45, 7) is 6.24. The molecule has 4 N–H and O–H groups in total. The van der Waals surface area contributed by atoms with E-state index in [-0.39, 0.29) is 16.9 Å². The van der Waals surface area contributed by atoms with Gasteiger partial charge in [-0.15, -0.1) is 11.8 Å². The number of amides is 2. The van der Waals surface area contributed by atoms with E-state index in [1.54, 1.807) is 24.3 Å². The number of thiocarbonyl (C=S) groups is 1. The van der Waals surface area contributed by atoms with Crippen molar-refractivity contribution in [3.05, 3.63) is 101 Å². The van der Waals surface area contributed by atoms with Crippen molar-refractivity contribution in [3.8, 4) is 0 Å². The van der Waals surface area contributed by atoms with Crippen LogP contribution in [0.3, 0.4) is 0 Å². The van der Waals surface area contributed by atoms with Crippen LogP contribution in [0.4, 0.5) is 5.69 Å². The van der Waals surface area contributed by atoms with E-state index >= 15 is 0 Å². The van der Waals surface area contributed by atoms with Crippen molar-refractivity contribution in [2.24, 2.45) is 0 Å². The summed E-state index contributed by atoms with van der Waals surface area (Å²) in [5.74, 6) is -0.491. The number of nitrogens with one attached hydrogen (secondary N) is 3. The number of benzene rings is 3. The number of halogens is 1. The highest BCUT2D eigenvalue weighted by molar-refractivity contribution is 8.00. The van der Waals surface area contributed by atoms with Crippen molar-refractivity contribution in [1.29, 1.82) is 0 Å². The number of aliphatic hydroxyl groups excluding tert-OH is 1. The van der Waals surface area contributed by atoms with Crippen LogP contribution >= 0.6 is 35.6 Å². The Kier molecular flexibility index (Phi) is 10.3. The summed E-state index contributed by atoms with van der Waals surface area (Å²) in [5.41, 5.74) is 3.73. The molecule has 7 nitrogen and oxygen atoms in total. The highest BCUT2D eigenvalue weighted by Crippen LogP contribution is 2.40. The van der Waals surface area contributed by atoms with E-state index in [0.29, 0.717) is 23.7 Å². The van der Waals surface area contributed by atoms with Crippen molar-refractivity contribution in [2.45, 2.75) is 56.7 Å². The Morgan fingerprint density at radius 3 is 2.41 bits per heavy atom. The normalized spacial score (nSPS) is 17.4. The van der Waals surface area contributed by atoms with E-state index in [1.807, 2.05) is 75.4 Å². The minimum atomic E-state index is -1.46. The first-order chi connectivity index (χ1) is 19.5. The van der Waals surface area contributed by atoms with Crippen LogP contribution < -0.4 is 16.0 Å². The smallest absolute Gasteiger partial charge is 0.254 e. The number of aliphatic hydroxyl groups is 1. The molecule has 3 aromatic rings. The predicted molar refractivity (Wildman–Crippen MR) is 171 cm³/mol. The molecule has 3 atom stereocenters. The topological polar surface area (TPSA) is 93.7 Å². The number of aryl methyl sites for hydroxylation is 1. The molecule has 0 saturated carbocycles. The van der Waals surface area contributed by atoms with Crippen molar-refractivity contribution in [1.82, 2.24) is 15.5 Å². The Balaban J connectivity index is 1.50. The molecule has 0 aromatic heterocycles. The molecule has 3 aromatic carbocycles. The lowest BCUT2D eigenvalue weighted by Gasteiger charge is -2.33. The molecule has 1 aliphatic heterocycles. The molecule has 0 bridgehead atoms. The van der Waals surface area contributed by atoms with Crippen molar-refractivity contribution < 1.29 is 14.7 Å². The second kappa shape index (κ2) is 13.7. The van der Waals surface area contributed by atoms with Crippen molar-refractivity contribution in [3.63, 3.8) is 0 Å². The second-order valence-electron chi connectivity index (χ2n) is 10.6. The third kappa shape index (κ3) is 8.01. The molecule has 0 unspecified atom stereocenters. The molecular formula is C31H35ClN4O3S2. The zero-order valence-electron chi connectivity index (χ0n) is 23.3. The fraction of sp³-hybridized carbons (Fsp3) is 0.323. The van der Waals surface area contributed by atoms with Crippen LogP contribution in [0.5, 0.6) is 0 Å². The molecule has 1 saturated heterocycles. The Morgan fingerprint density at radius 1 is 1.07 bits per heavy atom. The zero-order valence-corrected chi connectivity index (χ0v) is 25.7. The summed E-state index contributed by atoms with van der Waals surface area (Å²) < 4.78 is -0.543. The van der Waals surface area contributed by atoms with Gasteiger partial charge in [-0.3, -0.25) is 9.59 Å². The maximum absolute atomic E-state index is 13.8. The van der Waals surface area contributed by atoms with E-state index in [0.717, 1.165) is 16.7 Å². The van der Waals surface area contributed by atoms with Gasteiger partial charge >= 0.3 is 0 Å². The summed E-state index contributed by atoms with van der Waals surface area (Å²) in [5, 5.41) is 21.5. The first kappa shape index (κ1) is 30.8. The van der Waals surface area contributed by atoms with E-state index in [9.17, 15) is 14.7 Å². The third-order valence-corrected chi connectivity index (χ3v) is 8.99. The third-order valence-electron chi connectivity index (χ3n) is 7.14. The summed E-state index contributed by atoms with van der Waals surface area (Å²) in [6.07, 6.45) is -1.12. The van der Waals surface area contributed by atoms with Crippen LogP contribution in [0.15, 0.2) is 78.9 Å². The average molecular weight is 611 g/mol. The van der Waals surface area contributed by atoms with Gasteiger partial charge in [0.1, 0.15) is 6.04 Å². The lowest BCUT2D eigenvalue weighted by Crippen LogP contribution is -2.59. The van der Waals surface area contributed by atoms with E-state index in [2.05, 4.69) is 16.0 Å². The summed E-state index contributed by atoms with van der Waals surface area (Å²) in [7, 11) is 0.